The number of ether oxygens (including phenoxy) is 2. The minimum absolute atomic E-state index is 0.153. The molecule has 0 saturated heterocycles. The molecule has 0 aliphatic carbocycles. The van der Waals surface area contributed by atoms with Gasteiger partial charge in [-0.05, 0) is 38.0 Å². The number of carbonyl (C=O) groups excluding carboxylic acids is 2. The summed E-state index contributed by atoms with van der Waals surface area (Å²) in [7, 11) is 1.56. The summed E-state index contributed by atoms with van der Waals surface area (Å²) in [5, 5.41) is 6.24. The van der Waals surface area contributed by atoms with Crippen LogP contribution in [0.25, 0.3) is 0 Å². The van der Waals surface area contributed by atoms with Crippen molar-refractivity contribution >= 4 is 18.0 Å². The summed E-state index contributed by atoms with van der Waals surface area (Å²) in [4.78, 5) is 23.1. The Balaban J connectivity index is 2.29. The summed E-state index contributed by atoms with van der Waals surface area (Å²) >= 11 is 0. The van der Waals surface area contributed by atoms with E-state index in [0.717, 1.165) is 5.56 Å². The summed E-state index contributed by atoms with van der Waals surface area (Å²) in [5.41, 5.74) is 2.92. The molecule has 1 aromatic carbocycles. The molecule has 7 nitrogen and oxygen atoms in total. The highest BCUT2D eigenvalue weighted by Crippen LogP contribution is 2.10. The molecule has 0 heterocycles. The largest absolute Gasteiger partial charge is 0.497 e. The molecular weight excluding hydrogens is 298 g/mol. The highest BCUT2D eigenvalue weighted by atomic mass is 16.5. The standard InChI is InChI=1S/C16H23N3O4/c1-12(2)23-9-5-8-17-15(20)16(21)19-18-11-13-6-4-7-14(10-13)22-3/h4,6-7,10-12H,5,8-9H2,1-3H3,(H,17,20)(H,19,21)/b18-11-. The predicted molar refractivity (Wildman–Crippen MR) is 87.4 cm³/mol. The predicted octanol–water partition coefficient (Wildman–Crippen LogP) is 1.08. The van der Waals surface area contributed by atoms with Gasteiger partial charge in [0.25, 0.3) is 0 Å². The molecule has 0 radical (unpaired) electrons. The lowest BCUT2D eigenvalue weighted by Gasteiger charge is -2.07. The summed E-state index contributed by atoms with van der Waals surface area (Å²) < 4.78 is 10.4. The maximum atomic E-state index is 11.5. The van der Waals surface area contributed by atoms with Gasteiger partial charge >= 0.3 is 11.8 Å². The number of hydrazone groups is 1. The molecule has 2 N–H and O–H groups in total. The SMILES string of the molecule is COc1cccc(/C=N\NC(=O)C(=O)NCCCOC(C)C)c1. The summed E-state index contributed by atoms with van der Waals surface area (Å²) in [6.07, 6.45) is 2.23. The first-order chi connectivity index (χ1) is 11.0. The maximum Gasteiger partial charge on any atom is 0.329 e. The normalized spacial score (nSPS) is 10.8. The second kappa shape index (κ2) is 10.3. The van der Waals surface area contributed by atoms with Crippen LogP contribution in [-0.2, 0) is 14.3 Å². The Morgan fingerprint density at radius 1 is 1.30 bits per heavy atom. The highest BCUT2D eigenvalue weighted by molar-refractivity contribution is 6.35. The van der Waals surface area contributed by atoms with Crippen LogP contribution < -0.4 is 15.5 Å². The fourth-order valence-corrected chi connectivity index (χ4v) is 1.61. The van der Waals surface area contributed by atoms with Crippen molar-refractivity contribution in [2.75, 3.05) is 20.3 Å². The van der Waals surface area contributed by atoms with Crippen molar-refractivity contribution in [3.05, 3.63) is 29.8 Å². The zero-order valence-corrected chi connectivity index (χ0v) is 13.7. The van der Waals surface area contributed by atoms with Crippen LogP contribution in [0.1, 0.15) is 25.8 Å². The zero-order chi connectivity index (χ0) is 17.1. The van der Waals surface area contributed by atoms with Gasteiger partial charge in [0.2, 0.25) is 0 Å². The van der Waals surface area contributed by atoms with Gasteiger partial charge in [-0.3, -0.25) is 9.59 Å². The Morgan fingerprint density at radius 2 is 2.09 bits per heavy atom. The number of hydrogen-bond acceptors (Lipinski definition) is 5. The molecule has 0 aliphatic rings. The van der Waals surface area contributed by atoms with Gasteiger partial charge in [0.15, 0.2) is 0 Å². The molecule has 0 atom stereocenters. The van der Waals surface area contributed by atoms with Crippen LogP contribution in [0.3, 0.4) is 0 Å². The van der Waals surface area contributed by atoms with Gasteiger partial charge in [-0.25, -0.2) is 5.43 Å². The van der Waals surface area contributed by atoms with Crippen molar-refractivity contribution in [3.8, 4) is 5.75 Å². The lowest BCUT2D eigenvalue weighted by molar-refractivity contribution is -0.139. The molecule has 1 aromatic rings. The fourth-order valence-electron chi connectivity index (χ4n) is 1.61. The molecular formula is C16H23N3O4. The molecule has 126 valence electrons. The number of nitrogens with one attached hydrogen (secondary N) is 2. The molecule has 0 fully saturated rings. The van der Waals surface area contributed by atoms with E-state index in [9.17, 15) is 9.59 Å². The minimum Gasteiger partial charge on any atom is -0.497 e. The first-order valence-electron chi connectivity index (χ1n) is 7.40. The quantitative estimate of drug-likeness (QED) is 0.324. The summed E-state index contributed by atoms with van der Waals surface area (Å²) in [6, 6.07) is 7.15. The van der Waals surface area contributed by atoms with Gasteiger partial charge in [0, 0.05) is 13.2 Å². The molecule has 1 rings (SSSR count). The molecule has 0 bridgehead atoms. The molecule has 0 spiro atoms. The molecule has 0 aliphatic heterocycles. The van der Waals surface area contributed by atoms with Crippen LogP contribution in [0.15, 0.2) is 29.4 Å². The van der Waals surface area contributed by atoms with Crippen LogP contribution in [0.5, 0.6) is 5.75 Å². The van der Waals surface area contributed by atoms with E-state index in [2.05, 4.69) is 15.8 Å². The molecule has 0 unspecified atom stereocenters. The van der Waals surface area contributed by atoms with E-state index < -0.39 is 11.8 Å². The van der Waals surface area contributed by atoms with Gasteiger partial charge < -0.3 is 14.8 Å². The Bertz CT molecular complexity index is 544. The first kappa shape index (κ1) is 18.6. The van der Waals surface area contributed by atoms with Crippen LogP contribution in [-0.4, -0.2) is 44.4 Å². The average Bonchev–Trinajstić information content (AvgIpc) is 2.54. The van der Waals surface area contributed by atoms with Crippen molar-refractivity contribution in [2.45, 2.75) is 26.4 Å². The van der Waals surface area contributed by atoms with Crippen molar-refractivity contribution in [1.82, 2.24) is 10.7 Å². The molecule has 2 amide bonds. The van der Waals surface area contributed by atoms with Gasteiger partial charge in [-0.2, -0.15) is 5.10 Å². The summed E-state index contributed by atoms with van der Waals surface area (Å²) in [6.45, 7) is 4.78. The Kier molecular flexibility index (Phi) is 8.38. The van der Waals surface area contributed by atoms with Gasteiger partial charge in [-0.1, -0.05) is 12.1 Å². The van der Waals surface area contributed by atoms with Crippen molar-refractivity contribution in [2.24, 2.45) is 5.10 Å². The lowest BCUT2D eigenvalue weighted by Crippen LogP contribution is -2.38. The Hall–Kier alpha value is -2.41. The van der Waals surface area contributed by atoms with E-state index in [1.807, 2.05) is 13.8 Å². The maximum absolute atomic E-state index is 11.5. The molecule has 23 heavy (non-hydrogen) atoms. The summed E-state index contributed by atoms with van der Waals surface area (Å²) in [5.74, 6) is -0.854. The van der Waals surface area contributed by atoms with Crippen molar-refractivity contribution in [1.29, 1.82) is 0 Å². The van der Waals surface area contributed by atoms with Gasteiger partial charge in [-0.15, -0.1) is 0 Å². The second-order valence-corrected chi connectivity index (χ2v) is 5.00. The fraction of sp³-hybridized carbons (Fsp3) is 0.438. The van der Waals surface area contributed by atoms with Crippen LogP contribution in [0, 0.1) is 0 Å². The number of hydrogen-bond donors (Lipinski definition) is 2. The third-order valence-electron chi connectivity index (χ3n) is 2.74. The average molecular weight is 321 g/mol. The molecule has 0 saturated carbocycles. The number of methoxy groups -OCH3 is 1. The van der Waals surface area contributed by atoms with E-state index in [-0.39, 0.29) is 6.10 Å². The van der Waals surface area contributed by atoms with Gasteiger partial charge in [0.1, 0.15) is 5.75 Å². The first-order valence-corrected chi connectivity index (χ1v) is 7.40. The number of nitrogens with zero attached hydrogens (tertiary/aromatic N) is 1. The minimum atomic E-state index is -0.811. The number of amides is 2. The lowest BCUT2D eigenvalue weighted by atomic mass is 10.2. The second-order valence-electron chi connectivity index (χ2n) is 5.00. The van der Waals surface area contributed by atoms with E-state index in [1.165, 1.54) is 6.21 Å². The number of benzene rings is 1. The third-order valence-corrected chi connectivity index (χ3v) is 2.74. The van der Waals surface area contributed by atoms with E-state index in [4.69, 9.17) is 9.47 Å². The van der Waals surface area contributed by atoms with E-state index in [1.54, 1.807) is 31.4 Å². The van der Waals surface area contributed by atoms with E-state index in [0.29, 0.717) is 25.3 Å². The van der Waals surface area contributed by atoms with Crippen molar-refractivity contribution < 1.29 is 19.1 Å². The monoisotopic (exact) mass is 321 g/mol. The number of rotatable bonds is 8. The van der Waals surface area contributed by atoms with Crippen molar-refractivity contribution in [3.63, 3.8) is 0 Å². The van der Waals surface area contributed by atoms with Crippen LogP contribution >= 0.6 is 0 Å². The zero-order valence-electron chi connectivity index (χ0n) is 13.7. The Labute approximate surface area is 136 Å². The highest BCUT2D eigenvalue weighted by Gasteiger charge is 2.11. The molecule has 0 aromatic heterocycles. The van der Waals surface area contributed by atoms with Crippen LogP contribution in [0.4, 0.5) is 0 Å². The third kappa shape index (κ3) is 7.96. The van der Waals surface area contributed by atoms with Crippen LogP contribution in [0.2, 0.25) is 0 Å². The van der Waals surface area contributed by atoms with E-state index >= 15 is 0 Å². The topological polar surface area (TPSA) is 89.0 Å². The van der Waals surface area contributed by atoms with Gasteiger partial charge in [0.05, 0.1) is 19.4 Å². The number of carbonyl (C=O) groups is 2. The Morgan fingerprint density at radius 3 is 2.78 bits per heavy atom. The smallest absolute Gasteiger partial charge is 0.329 e. The molecule has 7 heteroatoms.